The van der Waals surface area contributed by atoms with Crippen LogP contribution < -0.4 is 27.0 Å². The van der Waals surface area contributed by atoms with Crippen LogP contribution in [0, 0.1) is 11.6 Å². The van der Waals surface area contributed by atoms with Crippen LogP contribution in [0.15, 0.2) is 75.3 Å². The summed E-state index contributed by atoms with van der Waals surface area (Å²) in [5, 5.41) is 2.58. The normalized spacial score (nSPS) is 11.1. The standard InChI is InChI=1S/C32H32F2N8O5/c1-3-13-41-29-27(31(46)42(32(41)47)17-12-35-20(2)43)37-28(38-29)22-9-11-25(36-19-22)40(16-6-15-39-14-5-4-7-26(39)44)30(45)21-8-10-23(33)24(34)18-21/h4-5,7-11,14,18-19H,3,6,12-13,15-17H2,1-2H3,(H,35,43)(H,37,38). The molecule has 0 saturated carbocycles. The maximum absolute atomic E-state index is 14.0. The smallest absolute Gasteiger partial charge is 0.332 e. The molecule has 1 aromatic carbocycles. The van der Waals surface area contributed by atoms with Gasteiger partial charge in [-0.1, -0.05) is 13.0 Å². The summed E-state index contributed by atoms with van der Waals surface area (Å²) in [7, 11) is 0. The number of nitrogens with one attached hydrogen (secondary N) is 2. The van der Waals surface area contributed by atoms with Gasteiger partial charge in [0.25, 0.3) is 11.5 Å². The molecule has 5 rings (SSSR count). The first-order valence-electron chi connectivity index (χ1n) is 15.0. The van der Waals surface area contributed by atoms with E-state index in [1.54, 1.807) is 30.5 Å². The molecule has 0 aliphatic heterocycles. The number of hydrogen-bond acceptors (Lipinski definition) is 7. The zero-order valence-electron chi connectivity index (χ0n) is 25.7. The van der Waals surface area contributed by atoms with Crippen molar-refractivity contribution in [2.75, 3.05) is 18.0 Å². The molecule has 0 atom stereocenters. The number of nitrogens with zero attached hydrogens (tertiary/aromatic N) is 6. The number of aromatic nitrogens is 6. The fourth-order valence-corrected chi connectivity index (χ4v) is 5.10. The fourth-order valence-electron chi connectivity index (χ4n) is 5.10. The molecule has 0 spiro atoms. The molecule has 0 unspecified atom stereocenters. The summed E-state index contributed by atoms with van der Waals surface area (Å²) in [6, 6.07) is 10.8. The lowest BCUT2D eigenvalue weighted by Crippen LogP contribution is -2.42. The van der Waals surface area contributed by atoms with E-state index in [2.05, 4.69) is 20.3 Å². The molecule has 0 fully saturated rings. The van der Waals surface area contributed by atoms with Crippen LogP contribution in [0.4, 0.5) is 14.6 Å². The van der Waals surface area contributed by atoms with Gasteiger partial charge in [-0.25, -0.2) is 23.5 Å². The van der Waals surface area contributed by atoms with E-state index in [1.807, 2.05) is 6.92 Å². The van der Waals surface area contributed by atoms with Gasteiger partial charge >= 0.3 is 5.69 Å². The van der Waals surface area contributed by atoms with E-state index in [0.717, 1.165) is 16.7 Å². The Morgan fingerprint density at radius 3 is 2.47 bits per heavy atom. The highest BCUT2D eigenvalue weighted by Gasteiger charge is 2.22. The topological polar surface area (TPSA) is 157 Å². The summed E-state index contributed by atoms with van der Waals surface area (Å²) in [5.41, 5.74) is -0.719. The number of imidazole rings is 1. The van der Waals surface area contributed by atoms with Crippen LogP contribution in [0.25, 0.3) is 22.6 Å². The Hall–Kier alpha value is -5.73. The Bertz CT molecular complexity index is 2120. The second-order valence-corrected chi connectivity index (χ2v) is 10.7. The lowest BCUT2D eigenvalue weighted by Gasteiger charge is -2.22. The fraction of sp³-hybridized carbons (Fsp3) is 0.281. The first kappa shape index (κ1) is 32.7. The molecule has 5 aromatic rings. The molecular weight excluding hydrogens is 614 g/mol. The number of aryl methyl sites for hydroxylation is 2. The summed E-state index contributed by atoms with van der Waals surface area (Å²) in [6.07, 6.45) is 3.99. The number of carbonyl (C=O) groups is 2. The second kappa shape index (κ2) is 14.1. The minimum absolute atomic E-state index is 0.0256. The summed E-state index contributed by atoms with van der Waals surface area (Å²) >= 11 is 0. The molecule has 244 valence electrons. The molecule has 0 radical (unpaired) electrons. The number of hydrogen-bond donors (Lipinski definition) is 2. The number of pyridine rings is 2. The molecule has 15 heteroatoms. The van der Waals surface area contributed by atoms with Crippen molar-refractivity contribution in [2.24, 2.45) is 0 Å². The number of benzene rings is 1. The molecule has 13 nitrogen and oxygen atoms in total. The number of rotatable bonds is 12. The minimum atomic E-state index is -1.17. The van der Waals surface area contributed by atoms with E-state index in [9.17, 15) is 32.8 Å². The zero-order chi connectivity index (χ0) is 33.7. The number of H-pyrrole nitrogens is 1. The number of amides is 2. The Morgan fingerprint density at radius 2 is 1.79 bits per heavy atom. The number of fused-ring (bicyclic) bond motifs is 1. The van der Waals surface area contributed by atoms with Crippen molar-refractivity contribution in [3.8, 4) is 11.4 Å². The van der Waals surface area contributed by atoms with E-state index in [-0.39, 0.29) is 59.5 Å². The van der Waals surface area contributed by atoms with Crippen LogP contribution in [0.2, 0.25) is 0 Å². The molecular formula is C32H32F2N8O5. The van der Waals surface area contributed by atoms with Gasteiger partial charge in [0.2, 0.25) is 11.5 Å². The monoisotopic (exact) mass is 646 g/mol. The second-order valence-electron chi connectivity index (χ2n) is 10.7. The molecule has 4 aromatic heterocycles. The van der Waals surface area contributed by atoms with Crippen molar-refractivity contribution in [1.29, 1.82) is 0 Å². The number of anilines is 1. The average Bonchev–Trinajstić information content (AvgIpc) is 3.50. The lowest BCUT2D eigenvalue weighted by atomic mass is 10.1. The van der Waals surface area contributed by atoms with Gasteiger partial charge in [0.15, 0.2) is 17.3 Å². The minimum Gasteiger partial charge on any atom is -0.355 e. The molecule has 0 aliphatic carbocycles. The van der Waals surface area contributed by atoms with Gasteiger partial charge in [0.05, 0.1) is 0 Å². The van der Waals surface area contributed by atoms with E-state index in [0.29, 0.717) is 31.5 Å². The molecule has 0 bridgehead atoms. The maximum Gasteiger partial charge on any atom is 0.332 e. The van der Waals surface area contributed by atoms with E-state index < -0.39 is 28.8 Å². The van der Waals surface area contributed by atoms with Gasteiger partial charge in [0.1, 0.15) is 17.2 Å². The van der Waals surface area contributed by atoms with Gasteiger partial charge < -0.3 is 14.9 Å². The maximum atomic E-state index is 14.0. The summed E-state index contributed by atoms with van der Waals surface area (Å²) in [6.45, 7) is 3.98. The third-order valence-electron chi connectivity index (χ3n) is 7.41. The van der Waals surface area contributed by atoms with Crippen molar-refractivity contribution in [3.63, 3.8) is 0 Å². The summed E-state index contributed by atoms with van der Waals surface area (Å²) in [4.78, 5) is 76.7. The van der Waals surface area contributed by atoms with Crippen molar-refractivity contribution in [2.45, 2.75) is 46.3 Å². The van der Waals surface area contributed by atoms with Crippen molar-refractivity contribution >= 4 is 28.8 Å². The van der Waals surface area contributed by atoms with Gasteiger partial charge in [-0.3, -0.25) is 33.2 Å². The Kier molecular flexibility index (Phi) is 9.83. The molecule has 2 amide bonds. The number of halogens is 2. The zero-order valence-corrected chi connectivity index (χ0v) is 25.7. The first-order valence-corrected chi connectivity index (χ1v) is 15.0. The van der Waals surface area contributed by atoms with Gasteiger partial charge in [-0.05, 0) is 49.2 Å². The summed E-state index contributed by atoms with van der Waals surface area (Å²) < 4.78 is 31.6. The van der Waals surface area contributed by atoms with Gasteiger partial charge in [0, 0.05) is 69.2 Å². The van der Waals surface area contributed by atoms with Gasteiger partial charge in [-0.2, -0.15) is 0 Å². The number of carbonyl (C=O) groups excluding carboxylic acids is 2. The van der Waals surface area contributed by atoms with Crippen LogP contribution in [-0.4, -0.2) is 53.6 Å². The lowest BCUT2D eigenvalue weighted by molar-refractivity contribution is -0.119. The number of aromatic amines is 1. The predicted octanol–water partition coefficient (Wildman–Crippen LogP) is 2.67. The first-order chi connectivity index (χ1) is 22.6. The van der Waals surface area contributed by atoms with Crippen molar-refractivity contribution < 1.29 is 18.4 Å². The van der Waals surface area contributed by atoms with Crippen LogP contribution in [0.1, 0.15) is 37.0 Å². The van der Waals surface area contributed by atoms with Gasteiger partial charge in [-0.15, -0.1) is 0 Å². The van der Waals surface area contributed by atoms with Crippen LogP contribution >= 0.6 is 0 Å². The molecule has 0 saturated heterocycles. The van der Waals surface area contributed by atoms with Crippen LogP contribution in [0.5, 0.6) is 0 Å². The molecule has 4 heterocycles. The third-order valence-corrected chi connectivity index (χ3v) is 7.41. The van der Waals surface area contributed by atoms with Crippen molar-refractivity contribution in [1.82, 2.24) is 34.0 Å². The third kappa shape index (κ3) is 7.08. The van der Waals surface area contributed by atoms with E-state index in [1.165, 1.54) is 39.3 Å². The molecule has 47 heavy (non-hydrogen) atoms. The Balaban J connectivity index is 1.47. The highest BCUT2D eigenvalue weighted by molar-refractivity contribution is 6.05. The highest BCUT2D eigenvalue weighted by atomic mass is 19.2. The van der Waals surface area contributed by atoms with Crippen molar-refractivity contribution in [3.05, 3.63) is 109 Å². The Morgan fingerprint density at radius 1 is 0.979 bits per heavy atom. The van der Waals surface area contributed by atoms with Crippen LogP contribution in [-0.2, 0) is 24.4 Å². The quantitative estimate of drug-likeness (QED) is 0.211. The van der Waals surface area contributed by atoms with E-state index >= 15 is 0 Å². The Labute approximate surface area is 266 Å². The molecule has 2 N–H and O–H groups in total. The average molecular weight is 647 g/mol. The SMILES string of the molecule is CCCn1c(=O)n(CCNC(C)=O)c(=O)c2[nH]c(-c3ccc(N(CCCn4ccccc4=O)C(=O)c4ccc(F)c(F)c4)nc3)nc21. The highest BCUT2D eigenvalue weighted by Crippen LogP contribution is 2.22. The summed E-state index contributed by atoms with van der Waals surface area (Å²) in [5.74, 6) is -2.73. The largest absolute Gasteiger partial charge is 0.355 e. The van der Waals surface area contributed by atoms with Crippen LogP contribution in [0.3, 0.4) is 0 Å². The van der Waals surface area contributed by atoms with E-state index in [4.69, 9.17) is 0 Å². The molecule has 0 aliphatic rings. The predicted molar refractivity (Wildman–Crippen MR) is 170 cm³/mol.